The van der Waals surface area contributed by atoms with Gasteiger partial charge in [0.05, 0.1) is 0 Å². The van der Waals surface area contributed by atoms with E-state index in [4.69, 9.17) is 4.74 Å². The van der Waals surface area contributed by atoms with E-state index in [-0.39, 0.29) is 0 Å². The van der Waals surface area contributed by atoms with Gasteiger partial charge in [0.15, 0.2) is 0 Å². The van der Waals surface area contributed by atoms with Crippen LogP contribution in [0.15, 0.2) is 0 Å². The van der Waals surface area contributed by atoms with E-state index in [9.17, 15) is 0 Å². The van der Waals surface area contributed by atoms with Crippen molar-refractivity contribution in [2.75, 3.05) is 13.2 Å². The van der Waals surface area contributed by atoms with Gasteiger partial charge in [-0.05, 0) is 12.3 Å². The predicted octanol–water partition coefficient (Wildman–Crippen LogP) is 2.81. The molecule has 1 rings (SSSR count). The quantitative estimate of drug-likeness (QED) is 0.617. The summed E-state index contributed by atoms with van der Waals surface area (Å²) in [6.07, 6.45) is 1.26. The average molecular weight is 340 g/mol. The molecule has 0 bridgehead atoms. The maximum atomic E-state index is 5.06. The Kier molecular flexibility index (Phi) is 7.70. The number of hydrogen-bond acceptors (Lipinski definition) is 1. The van der Waals surface area contributed by atoms with E-state index in [0.717, 1.165) is 19.1 Å². The first kappa shape index (κ1) is 9.42. The molecular formula is C5H10I2O. The van der Waals surface area contributed by atoms with E-state index in [1.54, 1.807) is 0 Å². The van der Waals surface area contributed by atoms with Gasteiger partial charge in [0.2, 0.25) is 0 Å². The van der Waals surface area contributed by atoms with Crippen molar-refractivity contribution in [3.63, 3.8) is 0 Å². The van der Waals surface area contributed by atoms with Crippen molar-refractivity contribution in [2.24, 2.45) is 5.92 Å². The van der Waals surface area contributed by atoms with Crippen LogP contribution in [-0.2, 0) is 4.74 Å². The number of hydrogen-bond donors (Lipinski definition) is 0. The summed E-state index contributed by atoms with van der Waals surface area (Å²) in [4.78, 5) is 0. The van der Waals surface area contributed by atoms with Crippen LogP contribution in [0.3, 0.4) is 0 Å². The smallest absolute Gasteiger partial charge is 0.0492 e. The van der Waals surface area contributed by atoms with Crippen molar-refractivity contribution in [2.45, 2.75) is 13.3 Å². The average Bonchev–Trinajstić information content (AvgIpc) is 2.24. The van der Waals surface area contributed by atoms with Crippen molar-refractivity contribution in [3.8, 4) is 0 Å². The molecule has 1 fully saturated rings. The Bertz CT molecular complexity index is 43.7. The zero-order chi connectivity index (χ0) is 6.41. The van der Waals surface area contributed by atoms with E-state index in [2.05, 4.69) is 44.2 Å². The molecule has 0 saturated carbocycles. The van der Waals surface area contributed by atoms with Crippen LogP contribution >= 0.6 is 37.2 Å². The van der Waals surface area contributed by atoms with Crippen LogP contribution in [0.25, 0.3) is 0 Å². The fourth-order valence-electron chi connectivity index (χ4n) is 0.652. The SMILES string of the molecule is CC1CCOC1.II. The molecular weight excluding hydrogens is 330 g/mol. The molecule has 0 aliphatic carbocycles. The van der Waals surface area contributed by atoms with Gasteiger partial charge in [-0.15, -0.1) is 0 Å². The van der Waals surface area contributed by atoms with Gasteiger partial charge < -0.3 is 4.74 Å². The minimum atomic E-state index is 0.824. The highest BCUT2D eigenvalue weighted by Crippen LogP contribution is 2.09. The normalized spacial score (nSPS) is 26.6. The molecule has 0 aromatic heterocycles. The van der Waals surface area contributed by atoms with Crippen LogP contribution < -0.4 is 0 Å². The first-order valence-electron chi connectivity index (χ1n) is 2.61. The first-order chi connectivity index (χ1) is 3.89. The van der Waals surface area contributed by atoms with Gasteiger partial charge in [-0.2, -0.15) is 0 Å². The fourth-order valence-corrected chi connectivity index (χ4v) is 0.652. The Morgan fingerprint density at radius 1 is 1.50 bits per heavy atom. The molecule has 1 aliphatic heterocycles. The van der Waals surface area contributed by atoms with E-state index in [0.29, 0.717) is 0 Å². The summed E-state index contributed by atoms with van der Waals surface area (Å²) in [5, 5.41) is 0. The molecule has 0 aromatic rings. The summed E-state index contributed by atoms with van der Waals surface area (Å²) >= 11 is 4.24. The number of rotatable bonds is 0. The molecule has 0 amide bonds. The van der Waals surface area contributed by atoms with Gasteiger partial charge >= 0.3 is 0 Å². The number of ether oxygens (including phenoxy) is 1. The zero-order valence-corrected chi connectivity index (χ0v) is 9.18. The van der Waals surface area contributed by atoms with Gasteiger partial charge in [-0.3, -0.25) is 0 Å². The van der Waals surface area contributed by atoms with Gasteiger partial charge in [0, 0.05) is 50.4 Å². The molecule has 1 atom stereocenters. The Morgan fingerprint density at radius 2 is 2.12 bits per heavy atom. The van der Waals surface area contributed by atoms with Crippen molar-refractivity contribution in [1.29, 1.82) is 0 Å². The zero-order valence-electron chi connectivity index (χ0n) is 4.86. The number of halogens is 2. The lowest BCUT2D eigenvalue weighted by Gasteiger charge is -1.89. The van der Waals surface area contributed by atoms with E-state index in [1.165, 1.54) is 6.42 Å². The molecule has 1 nitrogen and oxygen atoms in total. The van der Waals surface area contributed by atoms with Crippen molar-refractivity contribution >= 4 is 37.2 Å². The first-order valence-corrected chi connectivity index (χ1v) is 8.90. The topological polar surface area (TPSA) is 9.23 Å². The van der Waals surface area contributed by atoms with Crippen molar-refractivity contribution in [1.82, 2.24) is 0 Å². The second-order valence-corrected chi connectivity index (χ2v) is 1.97. The fraction of sp³-hybridized carbons (Fsp3) is 1.00. The van der Waals surface area contributed by atoms with Crippen LogP contribution in [0.4, 0.5) is 0 Å². The van der Waals surface area contributed by atoms with Crippen molar-refractivity contribution in [3.05, 3.63) is 0 Å². The third-order valence-electron chi connectivity index (χ3n) is 1.16. The summed E-state index contributed by atoms with van der Waals surface area (Å²) in [5.41, 5.74) is 0. The van der Waals surface area contributed by atoms with Crippen LogP contribution in [0.2, 0.25) is 0 Å². The van der Waals surface area contributed by atoms with E-state index < -0.39 is 0 Å². The third kappa shape index (κ3) is 4.31. The summed E-state index contributed by atoms with van der Waals surface area (Å²) in [6.45, 7) is 4.19. The summed E-state index contributed by atoms with van der Waals surface area (Å²) in [5.74, 6) is 0.824. The Balaban J connectivity index is 0.000000222. The highest BCUT2D eigenvalue weighted by molar-refractivity contribution is 15.0. The maximum absolute atomic E-state index is 5.06. The van der Waals surface area contributed by atoms with Crippen molar-refractivity contribution < 1.29 is 4.74 Å². The lowest BCUT2D eigenvalue weighted by molar-refractivity contribution is 0.188. The van der Waals surface area contributed by atoms with Crippen LogP contribution in [0, 0.1) is 5.92 Å². The maximum Gasteiger partial charge on any atom is 0.0492 e. The minimum absolute atomic E-state index is 0.824. The molecule has 0 N–H and O–H groups in total. The Labute approximate surface area is 73.9 Å². The predicted molar refractivity (Wildman–Crippen MR) is 52.6 cm³/mol. The minimum Gasteiger partial charge on any atom is -0.381 e. The molecule has 0 spiro atoms. The summed E-state index contributed by atoms with van der Waals surface area (Å²) < 4.78 is 5.06. The molecule has 0 radical (unpaired) electrons. The second kappa shape index (κ2) is 6.54. The molecule has 1 heterocycles. The molecule has 1 unspecified atom stereocenters. The van der Waals surface area contributed by atoms with Gasteiger partial charge in [-0.25, -0.2) is 0 Å². The summed E-state index contributed by atoms with van der Waals surface area (Å²) in [6, 6.07) is 0. The van der Waals surface area contributed by atoms with Crippen LogP contribution in [0.1, 0.15) is 13.3 Å². The highest BCUT2D eigenvalue weighted by atomic mass is 128. The molecule has 0 aromatic carbocycles. The lowest BCUT2D eigenvalue weighted by atomic mass is 10.2. The highest BCUT2D eigenvalue weighted by Gasteiger charge is 2.07. The van der Waals surface area contributed by atoms with Gasteiger partial charge in [0.25, 0.3) is 0 Å². The molecule has 8 heavy (non-hydrogen) atoms. The molecule has 50 valence electrons. The van der Waals surface area contributed by atoms with Gasteiger partial charge in [0.1, 0.15) is 0 Å². The van der Waals surface area contributed by atoms with E-state index in [1.807, 2.05) is 0 Å². The molecule has 3 heteroatoms. The second-order valence-electron chi connectivity index (χ2n) is 1.97. The van der Waals surface area contributed by atoms with Gasteiger partial charge in [-0.1, -0.05) is 6.92 Å². The lowest BCUT2D eigenvalue weighted by Crippen LogP contribution is -1.88. The molecule has 1 saturated heterocycles. The van der Waals surface area contributed by atoms with Crippen LogP contribution in [-0.4, -0.2) is 13.2 Å². The Morgan fingerprint density at radius 3 is 2.25 bits per heavy atom. The summed E-state index contributed by atoms with van der Waals surface area (Å²) in [7, 11) is 0. The van der Waals surface area contributed by atoms with Crippen LogP contribution in [0.5, 0.6) is 0 Å². The monoisotopic (exact) mass is 340 g/mol. The Hall–Kier alpha value is 1.42. The molecule has 1 aliphatic rings. The standard InChI is InChI=1S/C5H10O.I2/c1-5-2-3-6-4-5;1-2/h5H,2-4H2,1H3;. The van der Waals surface area contributed by atoms with E-state index >= 15 is 0 Å². The third-order valence-corrected chi connectivity index (χ3v) is 1.16. The largest absolute Gasteiger partial charge is 0.381 e.